The predicted octanol–water partition coefficient (Wildman–Crippen LogP) is 2.67. The van der Waals surface area contributed by atoms with Gasteiger partial charge in [-0.25, -0.2) is 0 Å². The summed E-state index contributed by atoms with van der Waals surface area (Å²) in [4.78, 5) is 0. The summed E-state index contributed by atoms with van der Waals surface area (Å²) in [5, 5.41) is 10.8. The fraction of sp³-hybridized carbons (Fsp3) is 0.538. The molecule has 1 N–H and O–H groups in total. The van der Waals surface area contributed by atoms with Gasteiger partial charge in [0, 0.05) is 10.9 Å². The second-order valence-electron chi connectivity index (χ2n) is 4.54. The third kappa shape index (κ3) is 2.97. The van der Waals surface area contributed by atoms with E-state index in [-0.39, 0.29) is 18.1 Å². The lowest BCUT2D eigenvalue weighted by molar-refractivity contribution is 0.0807. The molecule has 0 aromatic heterocycles. The van der Waals surface area contributed by atoms with Gasteiger partial charge in [-0.3, -0.25) is 0 Å². The van der Waals surface area contributed by atoms with Gasteiger partial charge < -0.3 is 9.84 Å². The van der Waals surface area contributed by atoms with Crippen LogP contribution in [0.25, 0.3) is 0 Å². The van der Waals surface area contributed by atoms with Crippen LogP contribution in [0.5, 0.6) is 0 Å². The van der Waals surface area contributed by atoms with E-state index in [0.29, 0.717) is 13.0 Å². The summed E-state index contributed by atoms with van der Waals surface area (Å²) in [6.07, 6.45) is 1.60. The van der Waals surface area contributed by atoms with Gasteiger partial charge in [-0.05, 0) is 37.5 Å². The Kier molecular flexibility index (Phi) is 3.85. The Morgan fingerprint density at radius 3 is 2.69 bits per heavy atom. The molecule has 0 bridgehead atoms. The van der Waals surface area contributed by atoms with Gasteiger partial charge >= 0.3 is 0 Å². The molecule has 1 aliphatic rings. The van der Waals surface area contributed by atoms with Crippen molar-refractivity contribution in [2.45, 2.75) is 32.0 Å². The zero-order valence-electron chi connectivity index (χ0n) is 9.40. The molecule has 3 heteroatoms. The third-order valence-corrected chi connectivity index (χ3v) is 3.38. The summed E-state index contributed by atoms with van der Waals surface area (Å²) < 4.78 is 5.46. The number of rotatable bonds is 3. The maximum atomic E-state index is 10.1. The average Bonchev–Trinajstić information content (AvgIpc) is 2.68. The molecule has 2 rings (SSSR count). The van der Waals surface area contributed by atoms with Gasteiger partial charge in [0.25, 0.3) is 0 Å². The molecule has 2 nitrogen and oxygen atoms in total. The average molecular weight is 241 g/mol. The molecule has 0 spiro atoms. The van der Waals surface area contributed by atoms with E-state index < -0.39 is 0 Å². The Hall–Kier alpha value is -0.570. The fourth-order valence-electron chi connectivity index (χ4n) is 2.15. The predicted molar refractivity (Wildman–Crippen MR) is 64.7 cm³/mol. The first kappa shape index (κ1) is 11.9. The lowest BCUT2D eigenvalue weighted by Gasteiger charge is -2.16. The van der Waals surface area contributed by atoms with Crippen molar-refractivity contribution < 1.29 is 9.84 Å². The maximum absolute atomic E-state index is 10.1. The smallest absolute Gasteiger partial charge is 0.0631 e. The standard InChI is InChI=1S/C13H17ClO2/c1-9-6-11(8-16-9)13(15)7-10-2-4-12(14)5-3-10/h2-5,9,11,13,15H,6-8H2,1H3. The van der Waals surface area contributed by atoms with Crippen molar-refractivity contribution in [2.24, 2.45) is 5.92 Å². The summed E-state index contributed by atoms with van der Waals surface area (Å²) >= 11 is 5.81. The van der Waals surface area contributed by atoms with Crippen LogP contribution in [0.3, 0.4) is 0 Å². The van der Waals surface area contributed by atoms with Gasteiger partial charge in [-0.2, -0.15) is 0 Å². The number of ether oxygens (including phenoxy) is 1. The Labute approximate surface area is 101 Å². The lowest BCUT2D eigenvalue weighted by Crippen LogP contribution is -2.23. The molecule has 1 fully saturated rings. The molecule has 0 radical (unpaired) electrons. The number of hydrogen-bond acceptors (Lipinski definition) is 2. The highest BCUT2D eigenvalue weighted by Crippen LogP contribution is 2.24. The van der Waals surface area contributed by atoms with Gasteiger partial charge in [0.2, 0.25) is 0 Å². The Morgan fingerprint density at radius 1 is 1.44 bits per heavy atom. The van der Waals surface area contributed by atoms with Crippen LogP contribution in [-0.2, 0) is 11.2 Å². The highest BCUT2D eigenvalue weighted by molar-refractivity contribution is 6.30. The van der Waals surface area contributed by atoms with Crippen LogP contribution in [0.1, 0.15) is 18.9 Å². The molecule has 3 unspecified atom stereocenters. The monoisotopic (exact) mass is 240 g/mol. The SMILES string of the molecule is CC1CC(C(O)Cc2ccc(Cl)cc2)CO1. The number of benzene rings is 1. The highest BCUT2D eigenvalue weighted by atomic mass is 35.5. The second-order valence-corrected chi connectivity index (χ2v) is 4.97. The van der Waals surface area contributed by atoms with Crippen molar-refractivity contribution in [3.05, 3.63) is 34.9 Å². The van der Waals surface area contributed by atoms with Gasteiger partial charge in [0.1, 0.15) is 0 Å². The van der Waals surface area contributed by atoms with E-state index in [0.717, 1.165) is 17.0 Å². The first-order valence-electron chi connectivity index (χ1n) is 5.69. The van der Waals surface area contributed by atoms with Crippen molar-refractivity contribution in [3.8, 4) is 0 Å². The molecule has 0 aliphatic carbocycles. The first-order chi connectivity index (χ1) is 7.65. The molecule has 1 aliphatic heterocycles. The molecular formula is C13H17ClO2. The van der Waals surface area contributed by atoms with E-state index in [1.165, 1.54) is 0 Å². The summed E-state index contributed by atoms with van der Waals surface area (Å²) in [5.74, 6) is 0.269. The van der Waals surface area contributed by atoms with Crippen molar-refractivity contribution in [1.29, 1.82) is 0 Å². The zero-order chi connectivity index (χ0) is 11.5. The summed E-state index contributed by atoms with van der Waals surface area (Å²) in [5.41, 5.74) is 1.12. The Balaban J connectivity index is 1.91. The molecular weight excluding hydrogens is 224 g/mol. The van der Waals surface area contributed by atoms with E-state index in [1.807, 2.05) is 24.3 Å². The van der Waals surface area contributed by atoms with E-state index in [4.69, 9.17) is 16.3 Å². The topological polar surface area (TPSA) is 29.5 Å². The molecule has 3 atom stereocenters. The number of hydrogen-bond donors (Lipinski definition) is 1. The minimum atomic E-state index is -0.314. The molecule has 0 saturated carbocycles. The second kappa shape index (κ2) is 5.17. The molecule has 1 aromatic rings. The van der Waals surface area contributed by atoms with Crippen LogP contribution >= 0.6 is 11.6 Å². The molecule has 1 heterocycles. The highest BCUT2D eigenvalue weighted by Gasteiger charge is 2.28. The Bertz CT molecular complexity index is 336. The van der Waals surface area contributed by atoms with Crippen LogP contribution in [0, 0.1) is 5.92 Å². The summed E-state index contributed by atoms with van der Waals surface area (Å²) in [6, 6.07) is 7.64. The molecule has 88 valence electrons. The summed E-state index contributed by atoms with van der Waals surface area (Å²) in [6.45, 7) is 2.73. The Morgan fingerprint density at radius 2 is 2.12 bits per heavy atom. The number of halogens is 1. The molecule has 1 saturated heterocycles. The van der Waals surface area contributed by atoms with Gasteiger partial charge in [-0.1, -0.05) is 23.7 Å². The van der Waals surface area contributed by atoms with E-state index in [1.54, 1.807) is 0 Å². The van der Waals surface area contributed by atoms with Crippen LogP contribution in [0.4, 0.5) is 0 Å². The minimum absolute atomic E-state index is 0.269. The lowest BCUT2D eigenvalue weighted by atomic mass is 9.94. The van der Waals surface area contributed by atoms with Gasteiger partial charge in [0.05, 0.1) is 18.8 Å². The van der Waals surface area contributed by atoms with Crippen LogP contribution in [0.15, 0.2) is 24.3 Å². The first-order valence-corrected chi connectivity index (χ1v) is 6.07. The third-order valence-electron chi connectivity index (χ3n) is 3.13. The fourth-order valence-corrected chi connectivity index (χ4v) is 2.27. The molecule has 16 heavy (non-hydrogen) atoms. The van der Waals surface area contributed by atoms with Crippen LogP contribution in [0.2, 0.25) is 5.02 Å². The maximum Gasteiger partial charge on any atom is 0.0631 e. The van der Waals surface area contributed by atoms with E-state index in [9.17, 15) is 5.11 Å². The van der Waals surface area contributed by atoms with E-state index in [2.05, 4.69) is 6.92 Å². The number of aliphatic hydroxyl groups is 1. The number of aliphatic hydroxyl groups excluding tert-OH is 1. The van der Waals surface area contributed by atoms with Crippen LogP contribution in [-0.4, -0.2) is 23.9 Å². The summed E-state index contributed by atoms with van der Waals surface area (Å²) in [7, 11) is 0. The normalized spacial score (nSPS) is 26.9. The van der Waals surface area contributed by atoms with Gasteiger partial charge in [-0.15, -0.1) is 0 Å². The van der Waals surface area contributed by atoms with Crippen molar-refractivity contribution in [1.82, 2.24) is 0 Å². The zero-order valence-corrected chi connectivity index (χ0v) is 10.2. The van der Waals surface area contributed by atoms with Crippen molar-refractivity contribution in [3.63, 3.8) is 0 Å². The van der Waals surface area contributed by atoms with Crippen LogP contribution < -0.4 is 0 Å². The van der Waals surface area contributed by atoms with Crippen molar-refractivity contribution >= 4 is 11.6 Å². The molecule has 0 amide bonds. The van der Waals surface area contributed by atoms with E-state index >= 15 is 0 Å². The van der Waals surface area contributed by atoms with Crippen molar-refractivity contribution in [2.75, 3.05) is 6.61 Å². The van der Waals surface area contributed by atoms with Gasteiger partial charge in [0.15, 0.2) is 0 Å². The quantitative estimate of drug-likeness (QED) is 0.880. The largest absolute Gasteiger partial charge is 0.392 e. The molecule has 1 aromatic carbocycles. The minimum Gasteiger partial charge on any atom is -0.392 e.